The fourth-order valence-corrected chi connectivity index (χ4v) is 8.26. The minimum Gasteiger partial charge on any atom is -0.616 e. The van der Waals surface area contributed by atoms with Gasteiger partial charge in [0.2, 0.25) is 5.91 Å². The number of amides is 2. The van der Waals surface area contributed by atoms with Crippen LogP contribution in [0, 0.1) is 11.8 Å². The Morgan fingerprint density at radius 2 is 1.77 bits per heavy atom. The van der Waals surface area contributed by atoms with Crippen molar-refractivity contribution in [2.45, 2.75) is 50.2 Å². The molecule has 0 unspecified atom stereocenters. The monoisotopic (exact) mass is 564 g/mol. The zero-order valence-electron chi connectivity index (χ0n) is 23.2. The van der Waals surface area contributed by atoms with Crippen LogP contribution >= 0.6 is 0 Å². The molecule has 40 heavy (non-hydrogen) atoms. The number of fused-ring (bicyclic) bond motifs is 3. The van der Waals surface area contributed by atoms with E-state index in [1.807, 2.05) is 30.3 Å². The van der Waals surface area contributed by atoms with Gasteiger partial charge in [0.25, 0.3) is 5.91 Å². The highest BCUT2D eigenvalue weighted by Gasteiger charge is 2.48. The second kappa shape index (κ2) is 12.0. The minimum atomic E-state index is -0.721. The number of benzene rings is 2. The zero-order valence-corrected chi connectivity index (χ0v) is 24.0. The first-order chi connectivity index (χ1) is 19.5. The molecule has 1 saturated carbocycles. The molecule has 214 valence electrons. The molecule has 1 aliphatic carbocycles. The maximum Gasteiger partial charge on any atom is 0.251 e. The van der Waals surface area contributed by atoms with Gasteiger partial charge in [0.05, 0.1) is 37.7 Å². The lowest BCUT2D eigenvalue weighted by Gasteiger charge is -2.41. The summed E-state index contributed by atoms with van der Waals surface area (Å²) in [6.45, 7) is 2.88. The second-order valence-electron chi connectivity index (χ2n) is 11.6. The lowest BCUT2D eigenvalue weighted by molar-refractivity contribution is -0.139. The van der Waals surface area contributed by atoms with Crippen molar-refractivity contribution < 1.29 is 18.9 Å². The zero-order chi connectivity index (χ0) is 27.6. The van der Waals surface area contributed by atoms with Gasteiger partial charge in [-0.3, -0.25) is 9.59 Å². The normalized spacial score (nSPS) is 28.4. The average molecular weight is 565 g/mol. The largest absolute Gasteiger partial charge is 0.616 e. The van der Waals surface area contributed by atoms with Crippen molar-refractivity contribution in [1.29, 1.82) is 0 Å². The lowest BCUT2D eigenvalue weighted by atomic mass is 9.81. The molecule has 3 fully saturated rings. The average Bonchev–Trinajstić information content (AvgIpc) is 3.44. The molecule has 0 bridgehead atoms. The summed E-state index contributed by atoms with van der Waals surface area (Å²) in [5.74, 6) is 1.51. The van der Waals surface area contributed by atoms with Crippen LogP contribution in [-0.2, 0) is 20.7 Å². The third-order valence-corrected chi connectivity index (χ3v) is 10.6. The smallest absolute Gasteiger partial charge is 0.251 e. The molecule has 4 aliphatic rings. The van der Waals surface area contributed by atoms with E-state index >= 15 is 0 Å². The van der Waals surface area contributed by atoms with Gasteiger partial charge >= 0.3 is 0 Å². The fourth-order valence-electron chi connectivity index (χ4n) is 7.20. The molecule has 0 spiro atoms. The van der Waals surface area contributed by atoms with Crippen LogP contribution in [0.4, 0.5) is 11.4 Å². The van der Waals surface area contributed by atoms with Crippen molar-refractivity contribution >= 4 is 34.4 Å². The summed E-state index contributed by atoms with van der Waals surface area (Å²) in [5, 5.41) is 6.89. The number of nitrogens with one attached hydrogen (secondary N) is 2. The highest BCUT2D eigenvalue weighted by molar-refractivity contribution is 7.91. The van der Waals surface area contributed by atoms with Gasteiger partial charge in [-0.05, 0) is 55.2 Å². The number of carbonyl (C=O) groups excluding carboxylic acids is 2. The topological polar surface area (TPSA) is 97.0 Å². The van der Waals surface area contributed by atoms with Crippen LogP contribution in [0.25, 0.3) is 0 Å². The van der Waals surface area contributed by atoms with Crippen LogP contribution in [0.5, 0.6) is 0 Å². The molecule has 2 aromatic carbocycles. The molecule has 8 nitrogen and oxygen atoms in total. The van der Waals surface area contributed by atoms with Gasteiger partial charge in [-0.1, -0.05) is 42.2 Å². The molecule has 9 heteroatoms. The van der Waals surface area contributed by atoms with Crippen LogP contribution in [-0.4, -0.2) is 78.2 Å². The molecule has 2 aromatic rings. The van der Waals surface area contributed by atoms with Crippen LogP contribution in [0.3, 0.4) is 0 Å². The van der Waals surface area contributed by atoms with E-state index in [2.05, 4.69) is 38.6 Å². The van der Waals surface area contributed by atoms with E-state index in [4.69, 9.17) is 4.74 Å². The quantitative estimate of drug-likeness (QED) is 0.521. The van der Waals surface area contributed by atoms with Gasteiger partial charge in [0.1, 0.15) is 11.5 Å². The number of hydrogen-bond acceptors (Lipinski definition) is 6. The highest BCUT2D eigenvalue weighted by Crippen LogP contribution is 2.47. The number of carbonyl (C=O) groups is 2. The molecule has 3 heterocycles. The Kier molecular flexibility index (Phi) is 8.23. The molecule has 3 aliphatic heterocycles. The Morgan fingerprint density at radius 1 is 1.02 bits per heavy atom. The van der Waals surface area contributed by atoms with Gasteiger partial charge in [0, 0.05) is 42.6 Å². The summed E-state index contributed by atoms with van der Waals surface area (Å²) < 4.78 is 17.2. The van der Waals surface area contributed by atoms with Crippen molar-refractivity contribution in [1.82, 2.24) is 10.2 Å². The van der Waals surface area contributed by atoms with E-state index in [1.54, 1.807) is 7.11 Å². The van der Waals surface area contributed by atoms with Gasteiger partial charge in [0.15, 0.2) is 0 Å². The first-order valence-corrected chi connectivity index (χ1v) is 16.2. The number of hydrogen-bond donors (Lipinski definition) is 2. The second-order valence-corrected chi connectivity index (χ2v) is 13.3. The summed E-state index contributed by atoms with van der Waals surface area (Å²) >= 11 is -0.721. The standard InChI is InChI=1S/C31H40N4O4S/c1-39-20-28-24-14-15-35(29(24)23-6-2-4-8-26(23)32-28)31(37)25-7-3-5-9-27(25)33-30(36)21-10-12-22(13-11-21)34-16-18-40(38)19-17-34/h2,4,6,8,10-13,24-25,27-29,32H,3,5,7,9,14-20H2,1H3,(H,33,36)/t24-,25+,27-,28+,29+/m1/s1. The molecule has 0 aromatic heterocycles. The number of anilines is 2. The first kappa shape index (κ1) is 27.4. The Morgan fingerprint density at radius 3 is 2.55 bits per heavy atom. The summed E-state index contributed by atoms with van der Waals surface area (Å²) in [5.41, 5.74) is 3.93. The van der Waals surface area contributed by atoms with Crippen molar-refractivity contribution in [3.05, 3.63) is 59.7 Å². The van der Waals surface area contributed by atoms with Crippen molar-refractivity contribution in [2.75, 3.05) is 55.1 Å². The third kappa shape index (κ3) is 5.43. The molecule has 2 amide bonds. The van der Waals surface area contributed by atoms with Gasteiger partial charge in [-0.15, -0.1) is 0 Å². The maximum absolute atomic E-state index is 14.2. The molecule has 2 N–H and O–H groups in total. The molecular formula is C31H40N4O4S. The van der Waals surface area contributed by atoms with Gasteiger partial charge in [-0.2, -0.15) is 0 Å². The van der Waals surface area contributed by atoms with E-state index < -0.39 is 11.2 Å². The Balaban J connectivity index is 1.16. The van der Waals surface area contributed by atoms with Gasteiger partial charge < -0.3 is 29.7 Å². The predicted octanol–water partition coefficient (Wildman–Crippen LogP) is 3.57. The van der Waals surface area contributed by atoms with E-state index in [9.17, 15) is 14.1 Å². The SMILES string of the molecule is COC[C@@H]1Nc2ccccc2[C@H]2[C@@H]1CCN2C(=O)[C@H]1CCCC[C@H]1NC(=O)c1ccc(N2CC[S+]([O-])CC2)cc1. The van der Waals surface area contributed by atoms with E-state index in [0.717, 1.165) is 63.1 Å². The Hall–Kier alpha value is -2.75. The predicted molar refractivity (Wildman–Crippen MR) is 158 cm³/mol. The lowest BCUT2D eigenvalue weighted by Crippen LogP contribution is -2.50. The number of rotatable bonds is 6. The minimum absolute atomic E-state index is 0.0307. The van der Waals surface area contributed by atoms with Crippen molar-refractivity contribution in [2.24, 2.45) is 11.8 Å². The Labute approximate surface area is 240 Å². The number of likely N-dealkylation sites (tertiary alicyclic amines) is 1. The van der Waals surface area contributed by atoms with Crippen LogP contribution < -0.4 is 15.5 Å². The van der Waals surface area contributed by atoms with Gasteiger partial charge in [-0.25, -0.2) is 0 Å². The first-order valence-electron chi connectivity index (χ1n) is 14.7. The summed E-state index contributed by atoms with van der Waals surface area (Å²) in [4.78, 5) is 31.8. The summed E-state index contributed by atoms with van der Waals surface area (Å²) in [7, 11) is 1.73. The van der Waals surface area contributed by atoms with E-state index in [0.29, 0.717) is 29.6 Å². The molecule has 2 saturated heterocycles. The molecule has 0 radical (unpaired) electrons. The van der Waals surface area contributed by atoms with Crippen LogP contribution in [0.1, 0.15) is 54.1 Å². The van der Waals surface area contributed by atoms with Crippen molar-refractivity contribution in [3.63, 3.8) is 0 Å². The molecule has 5 atom stereocenters. The fraction of sp³-hybridized carbons (Fsp3) is 0.548. The molecule has 6 rings (SSSR count). The number of para-hydroxylation sites is 1. The van der Waals surface area contributed by atoms with E-state index in [-0.39, 0.29) is 35.9 Å². The van der Waals surface area contributed by atoms with E-state index in [1.165, 1.54) is 5.56 Å². The summed E-state index contributed by atoms with van der Waals surface area (Å²) in [6, 6.07) is 16.0. The van der Waals surface area contributed by atoms with Crippen LogP contribution in [0.15, 0.2) is 48.5 Å². The summed E-state index contributed by atoms with van der Waals surface area (Å²) in [6.07, 6.45) is 4.57. The van der Waals surface area contributed by atoms with Crippen LogP contribution in [0.2, 0.25) is 0 Å². The highest BCUT2D eigenvalue weighted by atomic mass is 32.2. The third-order valence-electron chi connectivity index (χ3n) is 9.28. The number of methoxy groups -OCH3 is 1. The number of nitrogens with zero attached hydrogens (tertiary/aromatic N) is 2. The Bertz CT molecular complexity index is 1200. The maximum atomic E-state index is 14.2. The number of ether oxygens (including phenoxy) is 1. The molecular weight excluding hydrogens is 524 g/mol. The van der Waals surface area contributed by atoms with Crippen molar-refractivity contribution in [3.8, 4) is 0 Å².